The zero-order valence-corrected chi connectivity index (χ0v) is 6.85. The molecule has 0 saturated carbocycles. The molecule has 0 saturated heterocycles. The maximum Gasteiger partial charge on any atom is 0.100 e. The predicted octanol–water partition coefficient (Wildman–Crippen LogP) is 3.17. The SMILES string of the molecule is C=C(C)C.Cc1ccco1. The highest BCUT2D eigenvalue weighted by Crippen LogP contribution is 1.93. The van der Waals surface area contributed by atoms with E-state index in [0.29, 0.717) is 0 Å². The molecule has 1 nitrogen and oxygen atoms in total. The van der Waals surface area contributed by atoms with Crippen LogP contribution < -0.4 is 0 Å². The van der Waals surface area contributed by atoms with Crippen LogP contribution in [0.3, 0.4) is 0 Å². The van der Waals surface area contributed by atoms with Crippen molar-refractivity contribution >= 4 is 0 Å². The molecule has 0 spiro atoms. The molecule has 0 amide bonds. The molecule has 0 aliphatic rings. The van der Waals surface area contributed by atoms with Gasteiger partial charge in [-0.1, -0.05) is 5.57 Å². The highest BCUT2D eigenvalue weighted by Gasteiger charge is 1.75. The van der Waals surface area contributed by atoms with Crippen molar-refractivity contribution < 1.29 is 4.42 Å². The molecular weight excluding hydrogens is 124 g/mol. The van der Waals surface area contributed by atoms with E-state index in [4.69, 9.17) is 4.42 Å². The second kappa shape index (κ2) is 4.86. The highest BCUT2D eigenvalue weighted by molar-refractivity contribution is 4.93. The summed E-state index contributed by atoms with van der Waals surface area (Å²) >= 11 is 0. The van der Waals surface area contributed by atoms with Crippen molar-refractivity contribution in [1.29, 1.82) is 0 Å². The average Bonchev–Trinajstić information content (AvgIpc) is 2.15. The van der Waals surface area contributed by atoms with Gasteiger partial charge >= 0.3 is 0 Å². The van der Waals surface area contributed by atoms with E-state index in [1.54, 1.807) is 6.26 Å². The maximum atomic E-state index is 4.83. The first-order valence-corrected chi connectivity index (χ1v) is 3.25. The second-order valence-corrected chi connectivity index (χ2v) is 2.43. The van der Waals surface area contributed by atoms with Crippen LogP contribution in [0.5, 0.6) is 0 Å². The van der Waals surface area contributed by atoms with Gasteiger partial charge in [0.1, 0.15) is 5.76 Å². The number of furan rings is 1. The van der Waals surface area contributed by atoms with Gasteiger partial charge in [0, 0.05) is 0 Å². The van der Waals surface area contributed by atoms with Crippen molar-refractivity contribution in [1.82, 2.24) is 0 Å². The fraction of sp³-hybridized carbons (Fsp3) is 0.333. The molecule has 0 aliphatic heterocycles. The third-order valence-electron chi connectivity index (χ3n) is 0.663. The van der Waals surface area contributed by atoms with Gasteiger partial charge in [-0.05, 0) is 32.9 Å². The van der Waals surface area contributed by atoms with E-state index in [1.165, 1.54) is 5.57 Å². The molecule has 1 heterocycles. The highest BCUT2D eigenvalue weighted by atomic mass is 16.3. The van der Waals surface area contributed by atoms with Crippen LogP contribution in [0.2, 0.25) is 0 Å². The van der Waals surface area contributed by atoms with Crippen molar-refractivity contribution in [2.45, 2.75) is 20.8 Å². The number of hydrogen-bond acceptors (Lipinski definition) is 1. The topological polar surface area (TPSA) is 13.1 Å². The van der Waals surface area contributed by atoms with Crippen molar-refractivity contribution in [2.75, 3.05) is 0 Å². The summed E-state index contributed by atoms with van der Waals surface area (Å²) in [6.45, 7) is 9.42. The van der Waals surface area contributed by atoms with Crippen molar-refractivity contribution in [3.8, 4) is 0 Å². The van der Waals surface area contributed by atoms with Crippen LogP contribution in [0, 0.1) is 6.92 Å². The monoisotopic (exact) mass is 138 g/mol. The minimum Gasteiger partial charge on any atom is -0.470 e. The zero-order valence-electron chi connectivity index (χ0n) is 6.85. The van der Waals surface area contributed by atoms with Gasteiger partial charge in [0.15, 0.2) is 0 Å². The number of hydrogen-bond donors (Lipinski definition) is 0. The first-order chi connectivity index (χ1) is 4.63. The van der Waals surface area contributed by atoms with Gasteiger partial charge in [-0.15, -0.1) is 6.58 Å². The molecule has 0 bridgehead atoms. The molecule has 0 N–H and O–H groups in total. The fourth-order valence-electron chi connectivity index (χ4n) is 0.361. The Morgan fingerprint density at radius 1 is 1.50 bits per heavy atom. The van der Waals surface area contributed by atoms with Crippen LogP contribution >= 0.6 is 0 Å². The lowest BCUT2D eigenvalue weighted by Gasteiger charge is -1.69. The van der Waals surface area contributed by atoms with Crippen LogP contribution in [-0.4, -0.2) is 0 Å². The molecule has 0 atom stereocenters. The number of rotatable bonds is 0. The normalized spacial score (nSPS) is 7.90. The van der Waals surface area contributed by atoms with E-state index in [2.05, 4.69) is 6.58 Å². The van der Waals surface area contributed by atoms with Gasteiger partial charge in [0.05, 0.1) is 6.26 Å². The van der Waals surface area contributed by atoms with Gasteiger partial charge in [-0.25, -0.2) is 0 Å². The average molecular weight is 138 g/mol. The Balaban J connectivity index is 0.000000180. The summed E-state index contributed by atoms with van der Waals surface area (Å²) in [5.74, 6) is 0.968. The fourth-order valence-corrected chi connectivity index (χ4v) is 0.361. The van der Waals surface area contributed by atoms with E-state index in [-0.39, 0.29) is 0 Å². The summed E-state index contributed by atoms with van der Waals surface area (Å²) in [7, 11) is 0. The summed E-state index contributed by atoms with van der Waals surface area (Å²) < 4.78 is 4.83. The van der Waals surface area contributed by atoms with Gasteiger partial charge < -0.3 is 4.42 Å². The van der Waals surface area contributed by atoms with Gasteiger partial charge in [0.2, 0.25) is 0 Å². The van der Waals surface area contributed by atoms with Gasteiger partial charge in [-0.3, -0.25) is 0 Å². The van der Waals surface area contributed by atoms with Crippen LogP contribution in [0.1, 0.15) is 19.6 Å². The van der Waals surface area contributed by atoms with Crippen LogP contribution in [0.15, 0.2) is 35.0 Å². The molecule has 0 radical (unpaired) electrons. The molecule has 1 heteroatoms. The van der Waals surface area contributed by atoms with Crippen molar-refractivity contribution in [3.05, 3.63) is 36.3 Å². The van der Waals surface area contributed by atoms with Crippen LogP contribution in [-0.2, 0) is 0 Å². The maximum absolute atomic E-state index is 4.83. The van der Waals surface area contributed by atoms with Gasteiger partial charge in [-0.2, -0.15) is 0 Å². The molecule has 0 aromatic carbocycles. The molecule has 56 valence electrons. The first-order valence-electron chi connectivity index (χ1n) is 3.25. The summed E-state index contributed by atoms with van der Waals surface area (Å²) in [6, 6.07) is 3.79. The Kier molecular flexibility index (Phi) is 4.38. The molecule has 10 heavy (non-hydrogen) atoms. The second-order valence-electron chi connectivity index (χ2n) is 2.43. The number of allylic oxidation sites excluding steroid dienone is 1. The van der Waals surface area contributed by atoms with E-state index in [1.807, 2.05) is 32.9 Å². The Morgan fingerprint density at radius 3 is 2.10 bits per heavy atom. The zero-order chi connectivity index (χ0) is 7.98. The summed E-state index contributed by atoms with van der Waals surface area (Å²) in [5, 5.41) is 0. The lowest BCUT2D eigenvalue weighted by Crippen LogP contribution is -1.48. The number of aryl methyl sites for hydroxylation is 1. The smallest absolute Gasteiger partial charge is 0.100 e. The Bertz CT molecular complexity index is 169. The minimum atomic E-state index is 0.968. The van der Waals surface area contributed by atoms with E-state index < -0.39 is 0 Å². The Hall–Kier alpha value is -0.980. The lowest BCUT2D eigenvalue weighted by atomic mass is 10.4. The molecule has 1 rings (SSSR count). The summed E-state index contributed by atoms with van der Waals surface area (Å²) in [4.78, 5) is 0. The third kappa shape index (κ3) is 7.02. The Labute approximate surface area is 62.4 Å². The summed E-state index contributed by atoms with van der Waals surface area (Å²) in [5.41, 5.74) is 1.17. The molecule has 0 unspecified atom stereocenters. The van der Waals surface area contributed by atoms with Crippen LogP contribution in [0.25, 0.3) is 0 Å². The van der Waals surface area contributed by atoms with E-state index in [0.717, 1.165) is 5.76 Å². The molecule has 1 aromatic rings. The quantitative estimate of drug-likeness (QED) is 0.502. The van der Waals surface area contributed by atoms with E-state index >= 15 is 0 Å². The molecule has 0 aliphatic carbocycles. The lowest BCUT2D eigenvalue weighted by molar-refractivity contribution is 0.534. The summed E-state index contributed by atoms with van der Waals surface area (Å²) in [6.07, 6.45) is 1.66. The molecule has 1 aromatic heterocycles. The minimum absolute atomic E-state index is 0.968. The van der Waals surface area contributed by atoms with E-state index in [9.17, 15) is 0 Å². The Morgan fingerprint density at radius 2 is 2.00 bits per heavy atom. The largest absolute Gasteiger partial charge is 0.470 e. The predicted molar refractivity (Wildman–Crippen MR) is 43.9 cm³/mol. The molecular formula is C9H14O. The van der Waals surface area contributed by atoms with Crippen LogP contribution in [0.4, 0.5) is 0 Å². The van der Waals surface area contributed by atoms with Gasteiger partial charge in [0.25, 0.3) is 0 Å². The van der Waals surface area contributed by atoms with Crippen molar-refractivity contribution in [3.63, 3.8) is 0 Å². The van der Waals surface area contributed by atoms with Crippen molar-refractivity contribution in [2.24, 2.45) is 0 Å². The molecule has 0 fully saturated rings. The standard InChI is InChI=1S/C5H6O.C4H8/c1-5-3-2-4-6-5;1-4(2)3/h2-4H,1H3;1H2,2-3H3. The third-order valence-corrected chi connectivity index (χ3v) is 0.663. The first kappa shape index (κ1) is 9.02.